The number of fused-ring (bicyclic) bond motifs is 1. The molecular weight excluding hydrogens is 363 g/mol. The van der Waals surface area contributed by atoms with Gasteiger partial charge in [-0.3, -0.25) is 0 Å². The number of halogens is 1. The van der Waals surface area contributed by atoms with Crippen LogP contribution in [0.5, 0.6) is 5.75 Å². The number of phenolic OH excluding ortho intramolecular Hbond substituents is 1. The smallest absolute Gasteiger partial charge is 0.139 e. The van der Waals surface area contributed by atoms with Crippen molar-refractivity contribution in [2.45, 2.75) is 56.9 Å². The number of phenols is 1. The Morgan fingerprint density at radius 1 is 1.10 bits per heavy atom. The molecule has 0 amide bonds. The third-order valence-corrected chi connectivity index (χ3v) is 8.51. The van der Waals surface area contributed by atoms with Crippen LogP contribution in [0, 0.1) is 11.2 Å². The first kappa shape index (κ1) is 18.9. The number of hydrogen-bond donors (Lipinski definition) is 1. The van der Waals surface area contributed by atoms with Crippen LogP contribution in [0.4, 0.5) is 15.8 Å². The fraction of sp³-hybridized carbons (Fsp3) is 0.520. The van der Waals surface area contributed by atoms with Crippen LogP contribution in [0.1, 0.15) is 50.2 Å². The van der Waals surface area contributed by atoms with Gasteiger partial charge in [0.15, 0.2) is 0 Å². The van der Waals surface area contributed by atoms with Crippen molar-refractivity contribution in [2.75, 3.05) is 25.5 Å². The second-order valence-corrected chi connectivity index (χ2v) is 9.69. The molecule has 3 atom stereocenters. The van der Waals surface area contributed by atoms with Crippen molar-refractivity contribution < 1.29 is 9.50 Å². The average molecular weight is 395 g/mol. The highest BCUT2D eigenvalue weighted by Crippen LogP contribution is 2.63. The van der Waals surface area contributed by atoms with E-state index in [4.69, 9.17) is 0 Å². The molecule has 0 spiro atoms. The summed E-state index contributed by atoms with van der Waals surface area (Å²) >= 11 is 0. The minimum Gasteiger partial charge on any atom is -0.506 e. The van der Waals surface area contributed by atoms with Gasteiger partial charge in [-0.15, -0.1) is 0 Å². The van der Waals surface area contributed by atoms with Gasteiger partial charge in [0.25, 0.3) is 0 Å². The van der Waals surface area contributed by atoms with Crippen LogP contribution >= 0.6 is 0 Å². The Hall–Kier alpha value is -2.07. The summed E-state index contributed by atoms with van der Waals surface area (Å²) < 4.78 is 13.3. The van der Waals surface area contributed by atoms with Crippen molar-refractivity contribution >= 4 is 11.4 Å². The maximum Gasteiger partial charge on any atom is 0.139 e. The zero-order valence-corrected chi connectivity index (χ0v) is 17.7. The van der Waals surface area contributed by atoms with Gasteiger partial charge in [-0.25, -0.2) is 4.39 Å². The second kappa shape index (κ2) is 6.46. The van der Waals surface area contributed by atoms with Crippen molar-refractivity contribution in [3.63, 3.8) is 0 Å². The predicted molar refractivity (Wildman–Crippen MR) is 116 cm³/mol. The molecule has 1 saturated carbocycles. The first-order valence-corrected chi connectivity index (χ1v) is 10.9. The van der Waals surface area contributed by atoms with E-state index in [9.17, 15) is 9.50 Å². The SMILES string of the molecule is CN(c1ccc(F)cc1)c1cc2c(cc1O)[C@]13CCCC[C@]1(C)[C@H](C2)N(C)CC3. The van der Waals surface area contributed by atoms with E-state index in [1.807, 2.05) is 11.9 Å². The minimum absolute atomic E-state index is 0.181. The summed E-state index contributed by atoms with van der Waals surface area (Å²) in [7, 11) is 4.22. The molecule has 2 fully saturated rings. The van der Waals surface area contributed by atoms with Gasteiger partial charge in [0.1, 0.15) is 11.6 Å². The van der Waals surface area contributed by atoms with E-state index in [2.05, 4.69) is 31.0 Å². The second-order valence-electron chi connectivity index (χ2n) is 9.69. The molecular formula is C25H31FN2O. The molecule has 29 heavy (non-hydrogen) atoms. The molecule has 154 valence electrons. The molecule has 1 saturated heterocycles. The Morgan fingerprint density at radius 3 is 2.59 bits per heavy atom. The summed E-state index contributed by atoms with van der Waals surface area (Å²) in [5.74, 6) is 0.0820. The monoisotopic (exact) mass is 394 g/mol. The molecule has 0 radical (unpaired) electrons. The summed E-state index contributed by atoms with van der Waals surface area (Å²) in [5, 5.41) is 11.0. The van der Waals surface area contributed by atoms with Gasteiger partial charge in [0.2, 0.25) is 0 Å². The standard InChI is InChI=1S/C25H31FN2O/c1-24-10-4-5-11-25(24)12-13-27(2)23(24)15-17-14-21(22(29)16-20(17)25)28(3)19-8-6-18(26)7-9-19/h6-9,14,16,23,29H,4-5,10-13,15H2,1-3H3/t23-,24+,25+/m0/s1. The van der Waals surface area contributed by atoms with E-state index in [1.54, 1.807) is 12.1 Å². The van der Waals surface area contributed by atoms with E-state index in [1.165, 1.54) is 55.4 Å². The lowest BCUT2D eigenvalue weighted by Crippen LogP contribution is -2.66. The lowest BCUT2D eigenvalue weighted by molar-refractivity contribution is -0.0735. The number of hydrogen-bond acceptors (Lipinski definition) is 3. The van der Waals surface area contributed by atoms with Gasteiger partial charge in [0.05, 0.1) is 5.69 Å². The number of likely N-dealkylation sites (tertiary alicyclic amines) is 1. The van der Waals surface area contributed by atoms with Crippen LogP contribution in [0.15, 0.2) is 36.4 Å². The maximum atomic E-state index is 13.3. The van der Waals surface area contributed by atoms with Gasteiger partial charge in [-0.2, -0.15) is 0 Å². The summed E-state index contributed by atoms with van der Waals surface area (Å²) in [6, 6.07) is 11.3. The summed E-state index contributed by atoms with van der Waals surface area (Å²) in [6.45, 7) is 3.64. The summed E-state index contributed by atoms with van der Waals surface area (Å²) in [4.78, 5) is 4.53. The van der Waals surface area contributed by atoms with E-state index < -0.39 is 0 Å². The number of likely N-dealkylation sites (N-methyl/N-ethyl adjacent to an activating group) is 1. The van der Waals surface area contributed by atoms with Crippen molar-refractivity contribution in [3.8, 4) is 5.75 Å². The molecule has 1 N–H and O–H groups in total. The highest BCUT2D eigenvalue weighted by atomic mass is 19.1. The molecule has 2 aliphatic carbocycles. The molecule has 0 unspecified atom stereocenters. The maximum absolute atomic E-state index is 13.3. The normalized spacial score (nSPS) is 31.1. The van der Waals surface area contributed by atoms with Gasteiger partial charge < -0.3 is 14.9 Å². The van der Waals surface area contributed by atoms with E-state index in [-0.39, 0.29) is 16.6 Å². The van der Waals surface area contributed by atoms with Crippen molar-refractivity contribution in [1.29, 1.82) is 0 Å². The molecule has 0 aromatic heterocycles. The Bertz CT molecular complexity index is 943. The Balaban J connectivity index is 1.63. The van der Waals surface area contributed by atoms with Crippen LogP contribution in [0.3, 0.4) is 0 Å². The lowest BCUT2D eigenvalue weighted by Gasteiger charge is -2.65. The van der Waals surface area contributed by atoms with Crippen LogP contribution in [-0.2, 0) is 11.8 Å². The zero-order chi connectivity index (χ0) is 20.4. The number of benzene rings is 2. The molecule has 1 heterocycles. The molecule has 2 aromatic rings. The molecule has 2 bridgehead atoms. The zero-order valence-electron chi connectivity index (χ0n) is 17.7. The molecule has 2 aromatic carbocycles. The van der Waals surface area contributed by atoms with E-state index in [0.717, 1.165) is 24.3 Å². The number of nitrogens with zero attached hydrogens (tertiary/aromatic N) is 2. The largest absolute Gasteiger partial charge is 0.506 e. The van der Waals surface area contributed by atoms with E-state index >= 15 is 0 Å². The Morgan fingerprint density at radius 2 is 1.83 bits per heavy atom. The van der Waals surface area contributed by atoms with Gasteiger partial charge in [-0.05, 0) is 92.2 Å². The number of rotatable bonds is 2. The molecule has 1 aliphatic heterocycles. The fourth-order valence-corrected chi connectivity index (χ4v) is 6.82. The minimum atomic E-state index is -0.247. The first-order chi connectivity index (χ1) is 13.9. The van der Waals surface area contributed by atoms with Crippen LogP contribution in [0.25, 0.3) is 0 Å². The molecule has 3 nitrogen and oxygen atoms in total. The van der Waals surface area contributed by atoms with Gasteiger partial charge in [-0.1, -0.05) is 19.8 Å². The Labute approximate surface area is 173 Å². The molecule has 3 aliphatic rings. The van der Waals surface area contributed by atoms with Crippen LogP contribution in [-0.4, -0.2) is 36.7 Å². The first-order valence-electron chi connectivity index (χ1n) is 10.9. The number of anilines is 2. The molecule has 5 rings (SSSR count). The van der Waals surface area contributed by atoms with Crippen molar-refractivity contribution in [3.05, 3.63) is 53.3 Å². The third kappa shape index (κ3) is 2.58. The highest BCUT2D eigenvalue weighted by Gasteiger charge is 2.60. The van der Waals surface area contributed by atoms with Crippen LogP contribution in [0.2, 0.25) is 0 Å². The van der Waals surface area contributed by atoms with Gasteiger partial charge >= 0.3 is 0 Å². The van der Waals surface area contributed by atoms with Gasteiger partial charge in [0, 0.05) is 24.2 Å². The number of piperidine rings is 1. The number of aromatic hydroxyl groups is 1. The quantitative estimate of drug-likeness (QED) is 0.741. The average Bonchev–Trinajstić information content (AvgIpc) is 2.71. The highest BCUT2D eigenvalue weighted by molar-refractivity contribution is 5.71. The molecule has 4 heteroatoms. The Kier molecular flexibility index (Phi) is 4.22. The fourth-order valence-electron chi connectivity index (χ4n) is 6.82. The van der Waals surface area contributed by atoms with E-state index in [0.29, 0.717) is 11.8 Å². The predicted octanol–water partition coefficient (Wildman–Crippen LogP) is 5.38. The summed E-state index contributed by atoms with van der Waals surface area (Å²) in [6.07, 6.45) is 7.32. The van der Waals surface area contributed by atoms with Crippen molar-refractivity contribution in [2.24, 2.45) is 5.41 Å². The topological polar surface area (TPSA) is 26.7 Å². The summed E-state index contributed by atoms with van der Waals surface area (Å²) in [5.41, 5.74) is 4.89. The lowest BCUT2D eigenvalue weighted by atomic mass is 9.45. The van der Waals surface area contributed by atoms with Crippen molar-refractivity contribution in [1.82, 2.24) is 4.90 Å². The third-order valence-electron chi connectivity index (χ3n) is 8.51. The van der Waals surface area contributed by atoms with Crippen LogP contribution < -0.4 is 4.90 Å².